The number of amides is 1. The van der Waals surface area contributed by atoms with Crippen LogP contribution in [0.2, 0.25) is 0 Å². The van der Waals surface area contributed by atoms with Crippen LogP contribution in [0.5, 0.6) is 0 Å². The lowest BCUT2D eigenvalue weighted by Gasteiger charge is -2.36. The Morgan fingerprint density at radius 1 is 0.920 bits per heavy atom. The fourth-order valence-corrected chi connectivity index (χ4v) is 4.82. The Bertz CT molecular complexity index is 406. The molecule has 3 aliphatic heterocycles. The van der Waals surface area contributed by atoms with Crippen LogP contribution < -0.4 is 5.32 Å². The van der Waals surface area contributed by atoms with Gasteiger partial charge in [-0.2, -0.15) is 0 Å². The second-order valence-electron chi connectivity index (χ2n) is 8.47. The highest BCUT2D eigenvalue weighted by molar-refractivity contribution is 5.76. The molecular formula is C20H38N4O. The van der Waals surface area contributed by atoms with Gasteiger partial charge in [-0.05, 0) is 65.0 Å². The van der Waals surface area contributed by atoms with Crippen molar-refractivity contribution in [3.63, 3.8) is 0 Å². The zero-order chi connectivity index (χ0) is 17.6. The summed E-state index contributed by atoms with van der Waals surface area (Å²) >= 11 is 0. The molecule has 3 saturated heterocycles. The van der Waals surface area contributed by atoms with Gasteiger partial charge in [-0.25, -0.2) is 0 Å². The highest BCUT2D eigenvalue weighted by atomic mass is 16.2. The summed E-state index contributed by atoms with van der Waals surface area (Å²) in [6.07, 6.45) is 7.03. The zero-order valence-electron chi connectivity index (χ0n) is 16.4. The molecule has 0 radical (unpaired) electrons. The predicted octanol–water partition coefficient (Wildman–Crippen LogP) is 1.78. The standard InChI is InChI=1S/C20H38N4O/c1-17-3-4-18(2)24(17)16-13-22-11-14-23(15-12-22)20(25)6-5-19-7-9-21-10-8-19/h17-19,21H,3-16H2,1-2H3/t17-,18+. The Morgan fingerprint density at radius 2 is 1.56 bits per heavy atom. The lowest BCUT2D eigenvalue weighted by molar-refractivity contribution is -0.133. The highest BCUT2D eigenvalue weighted by Crippen LogP contribution is 2.23. The molecule has 5 heteroatoms. The number of hydrogen-bond acceptors (Lipinski definition) is 4. The van der Waals surface area contributed by atoms with Crippen molar-refractivity contribution in [1.82, 2.24) is 20.0 Å². The van der Waals surface area contributed by atoms with Crippen molar-refractivity contribution >= 4 is 5.91 Å². The first-order chi connectivity index (χ1) is 12.1. The van der Waals surface area contributed by atoms with Crippen LogP contribution in [0.1, 0.15) is 52.4 Å². The van der Waals surface area contributed by atoms with Crippen LogP contribution in [0.25, 0.3) is 0 Å². The van der Waals surface area contributed by atoms with Gasteiger partial charge in [-0.1, -0.05) is 0 Å². The van der Waals surface area contributed by atoms with Crippen LogP contribution in [-0.2, 0) is 4.79 Å². The number of piperidine rings is 1. The summed E-state index contributed by atoms with van der Waals surface area (Å²) in [7, 11) is 0. The van der Waals surface area contributed by atoms with Crippen molar-refractivity contribution in [2.75, 3.05) is 52.4 Å². The number of rotatable bonds is 6. The fourth-order valence-electron chi connectivity index (χ4n) is 4.82. The zero-order valence-corrected chi connectivity index (χ0v) is 16.4. The van der Waals surface area contributed by atoms with Crippen molar-refractivity contribution < 1.29 is 4.79 Å². The SMILES string of the molecule is C[C@@H]1CC[C@H](C)N1CCN1CCN(C(=O)CCC2CCNCC2)CC1. The fraction of sp³-hybridized carbons (Fsp3) is 0.950. The van der Waals surface area contributed by atoms with E-state index in [1.807, 2.05) is 0 Å². The molecule has 144 valence electrons. The topological polar surface area (TPSA) is 38.8 Å². The van der Waals surface area contributed by atoms with Crippen LogP contribution >= 0.6 is 0 Å². The van der Waals surface area contributed by atoms with Crippen LogP contribution in [0.15, 0.2) is 0 Å². The third-order valence-corrected chi connectivity index (χ3v) is 6.76. The average molecular weight is 351 g/mol. The molecule has 0 spiro atoms. The number of carbonyl (C=O) groups excluding carboxylic acids is 1. The van der Waals surface area contributed by atoms with Crippen molar-refractivity contribution in [3.8, 4) is 0 Å². The molecule has 0 unspecified atom stereocenters. The van der Waals surface area contributed by atoms with Gasteiger partial charge in [-0.3, -0.25) is 14.6 Å². The number of nitrogens with zero attached hydrogens (tertiary/aromatic N) is 3. The van der Waals surface area contributed by atoms with Crippen molar-refractivity contribution in [2.24, 2.45) is 5.92 Å². The van der Waals surface area contributed by atoms with E-state index >= 15 is 0 Å². The molecule has 0 aromatic carbocycles. The third kappa shape index (κ3) is 5.41. The van der Waals surface area contributed by atoms with Gasteiger partial charge in [0.2, 0.25) is 5.91 Å². The Balaban J connectivity index is 1.31. The number of nitrogens with one attached hydrogen (secondary N) is 1. The molecule has 0 aromatic rings. The summed E-state index contributed by atoms with van der Waals surface area (Å²) in [5.74, 6) is 1.15. The summed E-state index contributed by atoms with van der Waals surface area (Å²) in [4.78, 5) is 19.8. The van der Waals surface area contributed by atoms with E-state index in [4.69, 9.17) is 0 Å². The maximum atomic E-state index is 12.5. The highest BCUT2D eigenvalue weighted by Gasteiger charge is 2.28. The quantitative estimate of drug-likeness (QED) is 0.793. The van der Waals surface area contributed by atoms with E-state index in [2.05, 4.69) is 33.9 Å². The molecule has 0 saturated carbocycles. The molecule has 25 heavy (non-hydrogen) atoms. The largest absolute Gasteiger partial charge is 0.340 e. The smallest absolute Gasteiger partial charge is 0.222 e. The number of carbonyl (C=O) groups is 1. The Kier molecular flexibility index (Phi) is 7.14. The number of piperazine rings is 1. The van der Waals surface area contributed by atoms with E-state index in [0.717, 1.165) is 76.7 Å². The molecule has 3 aliphatic rings. The Morgan fingerprint density at radius 3 is 2.20 bits per heavy atom. The molecule has 3 fully saturated rings. The third-order valence-electron chi connectivity index (χ3n) is 6.76. The van der Waals surface area contributed by atoms with Gasteiger partial charge >= 0.3 is 0 Å². The van der Waals surface area contributed by atoms with E-state index < -0.39 is 0 Å². The molecule has 3 rings (SSSR count). The minimum atomic E-state index is 0.389. The van der Waals surface area contributed by atoms with E-state index in [1.165, 1.54) is 32.2 Å². The molecule has 1 amide bonds. The van der Waals surface area contributed by atoms with Crippen LogP contribution in [0.3, 0.4) is 0 Å². The van der Waals surface area contributed by atoms with Gasteiger partial charge in [0.05, 0.1) is 0 Å². The number of hydrogen-bond donors (Lipinski definition) is 1. The molecule has 0 aliphatic carbocycles. The molecule has 2 atom stereocenters. The van der Waals surface area contributed by atoms with E-state index in [-0.39, 0.29) is 0 Å². The summed E-state index contributed by atoms with van der Waals surface area (Å²) in [5, 5.41) is 3.40. The summed E-state index contributed by atoms with van der Waals surface area (Å²) in [6.45, 7) is 13.3. The molecule has 3 heterocycles. The van der Waals surface area contributed by atoms with Crippen LogP contribution in [0.4, 0.5) is 0 Å². The van der Waals surface area contributed by atoms with Gasteiger partial charge in [0.25, 0.3) is 0 Å². The van der Waals surface area contributed by atoms with Gasteiger partial charge in [0.15, 0.2) is 0 Å². The summed E-state index contributed by atoms with van der Waals surface area (Å²) in [6, 6.07) is 1.49. The monoisotopic (exact) mass is 350 g/mol. The lowest BCUT2D eigenvalue weighted by atomic mass is 9.93. The first-order valence-corrected chi connectivity index (χ1v) is 10.6. The Hall–Kier alpha value is -0.650. The van der Waals surface area contributed by atoms with Crippen LogP contribution in [-0.4, -0.2) is 85.0 Å². The van der Waals surface area contributed by atoms with Gasteiger partial charge < -0.3 is 10.2 Å². The predicted molar refractivity (Wildman–Crippen MR) is 103 cm³/mol. The van der Waals surface area contributed by atoms with Gasteiger partial charge in [0.1, 0.15) is 0 Å². The van der Waals surface area contributed by atoms with E-state index in [0.29, 0.717) is 5.91 Å². The normalized spacial score (nSPS) is 30.1. The molecular weight excluding hydrogens is 312 g/mol. The first kappa shape index (κ1) is 19.1. The van der Waals surface area contributed by atoms with Gasteiger partial charge in [0, 0.05) is 57.8 Å². The van der Waals surface area contributed by atoms with Crippen molar-refractivity contribution in [1.29, 1.82) is 0 Å². The minimum Gasteiger partial charge on any atom is -0.340 e. The maximum Gasteiger partial charge on any atom is 0.222 e. The van der Waals surface area contributed by atoms with E-state index in [9.17, 15) is 4.79 Å². The minimum absolute atomic E-state index is 0.389. The average Bonchev–Trinajstić information content (AvgIpc) is 2.97. The second kappa shape index (κ2) is 9.33. The molecule has 5 nitrogen and oxygen atoms in total. The lowest BCUT2D eigenvalue weighted by Crippen LogP contribution is -2.50. The summed E-state index contributed by atoms with van der Waals surface area (Å²) in [5.41, 5.74) is 0. The Labute approximate surface area is 154 Å². The van der Waals surface area contributed by atoms with Crippen LogP contribution in [0, 0.1) is 5.92 Å². The molecule has 0 bridgehead atoms. The maximum absolute atomic E-state index is 12.5. The molecule has 1 N–H and O–H groups in total. The first-order valence-electron chi connectivity index (χ1n) is 10.6. The van der Waals surface area contributed by atoms with Crippen molar-refractivity contribution in [2.45, 2.75) is 64.5 Å². The molecule has 0 aromatic heterocycles. The summed E-state index contributed by atoms with van der Waals surface area (Å²) < 4.78 is 0. The second-order valence-corrected chi connectivity index (χ2v) is 8.47. The van der Waals surface area contributed by atoms with Crippen molar-refractivity contribution in [3.05, 3.63) is 0 Å². The van der Waals surface area contributed by atoms with Gasteiger partial charge in [-0.15, -0.1) is 0 Å². The van der Waals surface area contributed by atoms with E-state index in [1.54, 1.807) is 0 Å². The number of likely N-dealkylation sites (tertiary alicyclic amines) is 1.